The van der Waals surface area contributed by atoms with Crippen molar-refractivity contribution in [3.05, 3.63) is 75.6 Å². The van der Waals surface area contributed by atoms with E-state index in [0.29, 0.717) is 5.56 Å². The highest BCUT2D eigenvalue weighted by Crippen LogP contribution is 2.20. The second-order valence-corrected chi connectivity index (χ2v) is 5.31. The molecule has 0 spiro atoms. The predicted molar refractivity (Wildman–Crippen MR) is 81.1 cm³/mol. The Kier molecular flexibility index (Phi) is 3.66. The lowest BCUT2D eigenvalue weighted by molar-refractivity contribution is -0.129. The average Bonchev–Trinajstić information content (AvgIpc) is 2.83. The third kappa shape index (κ3) is 3.08. The Hall–Kier alpha value is -2.27. The number of ether oxygens (including phenoxy) is 1. The normalized spacial score (nSPS) is 16.0. The van der Waals surface area contributed by atoms with Crippen molar-refractivity contribution in [3.8, 4) is 0 Å². The van der Waals surface area contributed by atoms with Crippen molar-refractivity contribution in [2.24, 2.45) is 4.99 Å². The van der Waals surface area contributed by atoms with Crippen LogP contribution in [0.25, 0.3) is 6.08 Å². The Labute approximate surface area is 128 Å². The van der Waals surface area contributed by atoms with Crippen molar-refractivity contribution >= 4 is 33.9 Å². The van der Waals surface area contributed by atoms with Gasteiger partial charge < -0.3 is 4.74 Å². The van der Waals surface area contributed by atoms with E-state index in [1.165, 1.54) is 18.2 Å². The summed E-state index contributed by atoms with van der Waals surface area (Å²) in [6.45, 7) is 0. The molecule has 21 heavy (non-hydrogen) atoms. The van der Waals surface area contributed by atoms with Gasteiger partial charge in [-0.25, -0.2) is 14.2 Å². The Morgan fingerprint density at radius 2 is 1.90 bits per heavy atom. The third-order valence-corrected chi connectivity index (χ3v) is 3.39. The van der Waals surface area contributed by atoms with Gasteiger partial charge in [0, 0.05) is 10.0 Å². The molecule has 0 unspecified atom stereocenters. The summed E-state index contributed by atoms with van der Waals surface area (Å²) in [6, 6.07) is 13.2. The van der Waals surface area contributed by atoms with Gasteiger partial charge in [-0.2, -0.15) is 0 Å². The summed E-state index contributed by atoms with van der Waals surface area (Å²) >= 11 is 3.34. The van der Waals surface area contributed by atoms with Gasteiger partial charge in [0.25, 0.3) is 0 Å². The third-order valence-electron chi connectivity index (χ3n) is 2.87. The van der Waals surface area contributed by atoms with Crippen LogP contribution in [0.1, 0.15) is 11.1 Å². The molecule has 1 aliphatic rings. The van der Waals surface area contributed by atoms with E-state index in [1.54, 1.807) is 12.1 Å². The minimum atomic E-state index is -0.544. The summed E-state index contributed by atoms with van der Waals surface area (Å²) in [4.78, 5) is 15.9. The number of halogens is 2. The standard InChI is InChI=1S/C16H9BrFNO2/c17-12-6-4-10(5-7-12)8-14-16(20)21-15(19-14)11-2-1-3-13(18)9-11/h1-9H/b14-8-. The van der Waals surface area contributed by atoms with Gasteiger partial charge in [0.05, 0.1) is 0 Å². The summed E-state index contributed by atoms with van der Waals surface area (Å²) in [6.07, 6.45) is 1.63. The second kappa shape index (κ2) is 5.61. The smallest absolute Gasteiger partial charge is 0.363 e. The van der Waals surface area contributed by atoms with Crippen LogP contribution in [0.15, 0.2) is 63.7 Å². The zero-order valence-corrected chi connectivity index (χ0v) is 12.3. The molecule has 0 N–H and O–H groups in total. The first-order valence-electron chi connectivity index (χ1n) is 6.16. The molecule has 0 aromatic heterocycles. The van der Waals surface area contributed by atoms with Crippen LogP contribution in [0, 0.1) is 5.82 Å². The second-order valence-electron chi connectivity index (χ2n) is 4.40. The highest BCUT2D eigenvalue weighted by atomic mass is 79.9. The molecule has 0 bridgehead atoms. The quantitative estimate of drug-likeness (QED) is 0.610. The Bertz CT molecular complexity index is 766. The van der Waals surface area contributed by atoms with E-state index in [2.05, 4.69) is 20.9 Å². The molecule has 5 heteroatoms. The lowest BCUT2D eigenvalue weighted by Gasteiger charge is -1.98. The van der Waals surface area contributed by atoms with E-state index >= 15 is 0 Å². The van der Waals surface area contributed by atoms with E-state index in [-0.39, 0.29) is 11.6 Å². The van der Waals surface area contributed by atoms with E-state index in [1.807, 2.05) is 24.3 Å². The maximum absolute atomic E-state index is 13.2. The number of esters is 1. The minimum Gasteiger partial charge on any atom is -0.402 e. The Morgan fingerprint density at radius 3 is 2.62 bits per heavy atom. The van der Waals surface area contributed by atoms with Crippen LogP contribution in [-0.4, -0.2) is 11.9 Å². The zero-order valence-electron chi connectivity index (χ0n) is 10.7. The molecule has 3 nitrogen and oxygen atoms in total. The molecular weight excluding hydrogens is 337 g/mol. The van der Waals surface area contributed by atoms with Crippen molar-refractivity contribution in [2.45, 2.75) is 0 Å². The Balaban J connectivity index is 1.93. The number of hydrogen-bond acceptors (Lipinski definition) is 3. The monoisotopic (exact) mass is 345 g/mol. The highest BCUT2D eigenvalue weighted by molar-refractivity contribution is 9.10. The van der Waals surface area contributed by atoms with Crippen molar-refractivity contribution in [2.75, 3.05) is 0 Å². The molecule has 1 heterocycles. The first-order valence-corrected chi connectivity index (χ1v) is 6.95. The number of benzene rings is 2. The summed E-state index contributed by atoms with van der Waals surface area (Å²) in [7, 11) is 0. The fourth-order valence-electron chi connectivity index (χ4n) is 1.87. The number of carbonyl (C=O) groups excluding carboxylic acids is 1. The number of carbonyl (C=O) groups is 1. The summed E-state index contributed by atoms with van der Waals surface area (Å²) in [5.41, 5.74) is 1.45. The van der Waals surface area contributed by atoms with Gasteiger partial charge in [-0.15, -0.1) is 0 Å². The highest BCUT2D eigenvalue weighted by Gasteiger charge is 2.24. The summed E-state index contributed by atoms with van der Waals surface area (Å²) in [5, 5.41) is 0. The molecule has 0 atom stereocenters. The van der Waals surface area contributed by atoms with Gasteiger partial charge in [-0.1, -0.05) is 34.1 Å². The van der Waals surface area contributed by atoms with Gasteiger partial charge in [-0.3, -0.25) is 0 Å². The van der Waals surface area contributed by atoms with E-state index < -0.39 is 11.8 Å². The van der Waals surface area contributed by atoms with E-state index in [0.717, 1.165) is 10.0 Å². The van der Waals surface area contributed by atoms with Crippen LogP contribution in [0.5, 0.6) is 0 Å². The van der Waals surface area contributed by atoms with Crippen LogP contribution in [0.3, 0.4) is 0 Å². The topological polar surface area (TPSA) is 38.7 Å². The SMILES string of the molecule is O=C1OC(c2cccc(F)c2)=N/C1=C\c1ccc(Br)cc1. The van der Waals surface area contributed by atoms with Crippen LogP contribution in [-0.2, 0) is 9.53 Å². The number of rotatable bonds is 2. The molecule has 0 aliphatic carbocycles. The molecule has 0 saturated carbocycles. The van der Waals surface area contributed by atoms with Crippen molar-refractivity contribution in [1.82, 2.24) is 0 Å². The molecular formula is C16H9BrFNO2. The fraction of sp³-hybridized carbons (Fsp3) is 0. The summed E-state index contributed by atoms with van der Waals surface area (Å²) in [5.74, 6) is -0.836. The molecule has 104 valence electrons. The lowest BCUT2D eigenvalue weighted by Crippen LogP contribution is -2.05. The maximum Gasteiger partial charge on any atom is 0.363 e. The molecule has 2 aromatic rings. The Morgan fingerprint density at radius 1 is 1.14 bits per heavy atom. The van der Waals surface area contributed by atoms with Gasteiger partial charge >= 0.3 is 5.97 Å². The summed E-state index contributed by atoms with van der Waals surface area (Å²) < 4.78 is 19.2. The first-order chi connectivity index (χ1) is 10.1. The number of aliphatic imine (C=N–C) groups is 1. The first kappa shape index (κ1) is 13.7. The van der Waals surface area contributed by atoms with Crippen molar-refractivity contribution in [3.63, 3.8) is 0 Å². The maximum atomic E-state index is 13.2. The van der Waals surface area contributed by atoms with Crippen LogP contribution >= 0.6 is 15.9 Å². The molecule has 0 radical (unpaired) electrons. The van der Waals surface area contributed by atoms with Crippen molar-refractivity contribution in [1.29, 1.82) is 0 Å². The zero-order chi connectivity index (χ0) is 14.8. The van der Waals surface area contributed by atoms with Gasteiger partial charge in [0.2, 0.25) is 5.90 Å². The lowest BCUT2D eigenvalue weighted by atomic mass is 10.2. The molecule has 2 aromatic carbocycles. The predicted octanol–water partition coefficient (Wildman–Crippen LogP) is 3.93. The average molecular weight is 346 g/mol. The number of cyclic esters (lactones) is 1. The van der Waals surface area contributed by atoms with Crippen molar-refractivity contribution < 1.29 is 13.9 Å². The molecule has 0 saturated heterocycles. The fourth-order valence-corrected chi connectivity index (χ4v) is 2.14. The van der Waals surface area contributed by atoms with Gasteiger partial charge in [0.1, 0.15) is 5.82 Å². The van der Waals surface area contributed by atoms with Crippen LogP contribution < -0.4 is 0 Å². The van der Waals surface area contributed by atoms with E-state index in [4.69, 9.17) is 4.74 Å². The molecule has 1 aliphatic heterocycles. The van der Waals surface area contributed by atoms with Gasteiger partial charge in [-0.05, 0) is 42.0 Å². The number of nitrogens with zero attached hydrogens (tertiary/aromatic N) is 1. The number of hydrogen-bond donors (Lipinski definition) is 0. The molecule has 0 fully saturated rings. The van der Waals surface area contributed by atoms with Gasteiger partial charge in [0.15, 0.2) is 5.70 Å². The molecule has 0 amide bonds. The molecule has 3 rings (SSSR count). The largest absolute Gasteiger partial charge is 0.402 e. The van der Waals surface area contributed by atoms with Crippen LogP contribution in [0.2, 0.25) is 0 Å². The minimum absolute atomic E-state index is 0.114. The van der Waals surface area contributed by atoms with E-state index in [9.17, 15) is 9.18 Å². The van der Waals surface area contributed by atoms with Crippen LogP contribution in [0.4, 0.5) is 4.39 Å².